The SMILES string of the molecule is CCN(CC)S(=O)(=O)c1ccc2c(c1)nc(CCC(=O)Nc1ncn[nH]1)n2C. The fourth-order valence-corrected chi connectivity index (χ4v) is 4.49. The number of imidazole rings is 1. The van der Waals surface area contributed by atoms with Crippen LogP contribution in [0.5, 0.6) is 0 Å². The zero-order chi connectivity index (χ0) is 20.3. The molecular weight excluding hydrogens is 382 g/mol. The number of rotatable bonds is 8. The number of aryl methyl sites for hydroxylation is 2. The zero-order valence-corrected chi connectivity index (χ0v) is 16.8. The van der Waals surface area contributed by atoms with Gasteiger partial charge in [0, 0.05) is 33.0 Å². The monoisotopic (exact) mass is 405 g/mol. The molecule has 0 atom stereocenters. The number of H-pyrrole nitrogens is 1. The number of carbonyl (C=O) groups is 1. The third-order valence-corrected chi connectivity index (χ3v) is 6.58. The van der Waals surface area contributed by atoms with Gasteiger partial charge < -0.3 is 4.57 Å². The minimum Gasteiger partial charge on any atom is -0.331 e. The van der Waals surface area contributed by atoms with Gasteiger partial charge in [-0.25, -0.2) is 18.5 Å². The molecule has 0 spiro atoms. The average Bonchev–Trinajstić information content (AvgIpc) is 3.28. The lowest BCUT2D eigenvalue weighted by molar-refractivity contribution is -0.116. The Morgan fingerprint density at radius 3 is 2.68 bits per heavy atom. The molecule has 0 aliphatic rings. The molecule has 11 heteroatoms. The molecule has 0 aliphatic heterocycles. The Bertz CT molecular complexity index is 1070. The first-order valence-electron chi connectivity index (χ1n) is 8.97. The summed E-state index contributed by atoms with van der Waals surface area (Å²) in [6.45, 7) is 4.43. The van der Waals surface area contributed by atoms with Crippen LogP contribution in [-0.4, -0.2) is 56.5 Å². The normalized spacial score (nSPS) is 12.0. The first-order chi connectivity index (χ1) is 13.4. The van der Waals surface area contributed by atoms with Crippen molar-refractivity contribution in [1.82, 2.24) is 29.0 Å². The smallest absolute Gasteiger partial charge is 0.243 e. The molecule has 10 nitrogen and oxygen atoms in total. The van der Waals surface area contributed by atoms with Gasteiger partial charge in [0.2, 0.25) is 21.9 Å². The number of aromatic nitrogens is 5. The van der Waals surface area contributed by atoms with Gasteiger partial charge in [-0.1, -0.05) is 13.8 Å². The molecule has 0 aliphatic carbocycles. The maximum absolute atomic E-state index is 12.7. The van der Waals surface area contributed by atoms with Gasteiger partial charge in [-0.05, 0) is 18.2 Å². The second-order valence-corrected chi connectivity index (χ2v) is 8.15. The Morgan fingerprint density at radius 2 is 2.04 bits per heavy atom. The Kier molecular flexibility index (Phi) is 5.75. The summed E-state index contributed by atoms with van der Waals surface area (Å²) in [4.78, 5) is 20.6. The van der Waals surface area contributed by atoms with Gasteiger partial charge in [0.05, 0.1) is 15.9 Å². The predicted octanol–water partition coefficient (Wildman–Crippen LogP) is 1.29. The Labute approximate surface area is 163 Å². The molecule has 0 saturated carbocycles. The van der Waals surface area contributed by atoms with E-state index in [2.05, 4.69) is 25.5 Å². The van der Waals surface area contributed by atoms with E-state index >= 15 is 0 Å². The maximum Gasteiger partial charge on any atom is 0.243 e. The topological polar surface area (TPSA) is 126 Å². The number of sulfonamides is 1. The maximum atomic E-state index is 12.7. The van der Waals surface area contributed by atoms with E-state index in [1.165, 1.54) is 10.6 Å². The number of nitrogens with zero attached hydrogens (tertiary/aromatic N) is 5. The van der Waals surface area contributed by atoms with Crippen LogP contribution in [0, 0.1) is 0 Å². The third-order valence-electron chi connectivity index (χ3n) is 4.54. The Hall–Kier alpha value is -2.79. The first kappa shape index (κ1) is 20.0. The van der Waals surface area contributed by atoms with Crippen molar-refractivity contribution in [3.05, 3.63) is 30.4 Å². The molecule has 28 heavy (non-hydrogen) atoms. The standard InChI is InChI=1S/C17H23N7O3S/c1-4-24(5-2)28(26,27)12-6-7-14-13(10-12)20-15(23(14)3)8-9-16(25)21-17-18-11-19-22-17/h6-7,10-11H,4-5,8-9H2,1-3H3,(H2,18,19,21,22,25). The number of carbonyl (C=O) groups excluding carboxylic acids is 1. The van der Waals surface area contributed by atoms with E-state index in [9.17, 15) is 13.2 Å². The summed E-state index contributed by atoms with van der Waals surface area (Å²) in [5, 5.41) is 8.84. The number of benzene rings is 1. The molecule has 1 amide bonds. The Morgan fingerprint density at radius 1 is 1.29 bits per heavy atom. The molecule has 2 heterocycles. The number of hydrogen-bond donors (Lipinski definition) is 2. The molecule has 0 radical (unpaired) electrons. The second-order valence-electron chi connectivity index (χ2n) is 6.21. The minimum absolute atomic E-state index is 0.211. The van der Waals surface area contributed by atoms with Crippen LogP contribution in [0.2, 0.25) is 0 Å². The van der Waals surface area contributed by atoms with Crippen LogP contribution in [0.1, 0.15) is 26.1 Å². The highest BCUT2D eigenvalue weighted by molar-refractivity contribution is 7.89. The molecule has 2 N–H and O–H groups in total. The van der Waals surface area contributed by atoms with Crippen LogP contribution in [-0.2, 0) is 28.3 Å². The second kappa shape index (κ2) is 8.07. The van der Waals surface area contributed by atoms with E-state index in [4.69, 9.17) is 0 Å². The highest BCUT2D eigenvalue weighted by Crippen LogP contribution is 2.22. The van der Waals surface area contributed by atoms with Gasteiger partial charge in [-0.2, -0.15) is 14.4 Å². The van der Waals surface area contributed by atoms with Crippen molar-refractivity contribution in [3.8, 4) is 0 Å². The average molecular weight is 405 g/mol. The number of aromatic amines is 1. The highest BCUT2D eigenvalue weighted by atomic mass is 32.2. The predicted molar refractivity (Wildman–Crippen MR) is 104 cm³/mol. The third kappa shape index (κ3) is 3.90. The van der Waals surface area contributed by atoms with E-state index in [-0.39, 0.29) is 17.2 Å². The summed E-state index contributed by atoms with van der Waals surface area (Å²) < 4.78 is 28.7. The summed E-state index contributed by atoms with van der Waals surface area (Å²) in [6.07, 6.45) is 1.93. The van der Waals surface area contributed by atoms with Crippen LogP contribution in [0.3, 0.4) is 0 Å². The van der Waals surface area contributed by atoms with Crippen molar-refractivity contribution in [3.63, 3.8) is 0 Å². The largest absolute Gasteiger partial charge is 0.331 e. The van der Waals surface area contributed by atoms with Crippen molar-refractivity contribution in [1.29, 1.82) is 0 Å². The highest BCUT2D eigenvalue weighted by Gasteiger charge is 2.22. The molecule has 2 aromatic heterocycles. The van der Waals surface area contributed by atoms with Crippen molar-refractivity contribution in [2.45, 2.75) is 31.6 Å². The van der Waals surface area contributed by atoms with Crippen LogP contribution < -0.4 is 5.32 Å². The fourth-order valence-electron chi connectivity index (χ4n) is 3.01. The molecule has 0 fully saturated rings. The van der Waals surface area contributed by atoms with E-state index in [0.717, 1.165) is 5.52 Å². The number of hydrogen-bond acceptors (Lipinski definition) is 6. The van der Waals surface area contributed by atoms with E-state index in [1.807, 2.05) is 25.5 Å². The molecule has 0 saturated heterocycles. The molecule has 0 unspecified atom stereocenters. The lowest BCUT2D eigenvalue weighted by atomic mass is 10.3. The van der Waals surface area contributed by atoms with E-state index in [1.54, 1.807) is 18.2 Å². The zero-order valence-electron chi connectivity index (χ0n) is 16.0. The Balaban J connectivity index is 1.80. The quantitative estimate of drug-likeness (QED) is 0.582. The number of nitrogens with one attached hydrogen (secondary N) is 2. The lowest BCUT2D eigenvalue weighted by Crippen LogP contribution is -2.30. The summed E-state index contributed by atoms with van der Waals surface area (Å²) >= 11 is 0. The molecule has 150 valence electrons. The minimum atomic E-state index is -3.55. The van der Waals surface area contributed by atoms with Gasteiger partial charge in [0.25, 0.3) is 0 Å². The summed E-state index contributed by atoms with van der Waals surface area (Å²) in [5.41, 5.74) is 1.39. The van der Waals surface area contributed by atoms with Crippen molar-refractivity contribution >= 4 is 32.9 Å². The van der Waals surface area contributed by atoms with Gasteiger partial charge in [-0.15, -0.1) is 0 Å². The first-order valence-corrected chi connectivity index (χ1v) is 10.4. The molecule has 3 rings (SSSR count). The van der Waals surface area contributed by atoms with E-state index in [0.29, 0.717) is 36.8 Å². The molecule has 0 bridgehead atoms. The van der Waals surface area contributed by atoms with Crippen LogP contribution >= 0.6 is 0 Å². The van der Waals surface area contributed by atoms with Crippen LogP contribution in [0.4, 0.5) is 5.95 Å². The lowest BCUT2D eigenvalue weighted by Gasteiger charge is -2.18. The number of fused-ring (bicyclic) bond motifs is 1. The fraction of sp³-hybridized carbons (Fsp3) is 0.412. The van der Waals surface area contributed by atoms with Crippen molar-refractivity contribution in [2.75, 3.05) is 18.4 Å². The summed E-state index contributed by atoms with van der Waals surface area (Å²) in [6, 6.07) is 4.93. The van der Waals surface area contributed by atoms with Gasteiger partial charge in [0.1, 0.15) is 12.2 Å². The molecule has 1 aromatic carbocycles. The van der Waals surface area contributed by atoms with Crippen LogP contribution in [0.15, 0.2) is 29.4 Å². The number of anilines is 1. The van der Waals surface area contributed by atoms with Crippen molar-refractivity contribution in [2.24, 2.45) is 7.05 Å². The summed E-state index contributed by atoms with van der Waals surface area (Å²) in [7, 11) is -1.70. The molecule has 3 aromatic rings. The van der Waals surface area contributed by atoms with Crippen LogP contribution in [0.25, 0.3) is 11.0 Å². The number of amides is 1. The van der Waals surface area contributed by atoms with Gasteiger partial charge in [0.15, 0.2) is 0 Å². The summed E-state index contributed by atoms with van der Waals surface area (Å²) in [5.74, 6) is 0.773. The van der Waals surface area contributed by atoms with Gasteiger partial charge >= 0.3 is 0 Å². The van der Waals surface area contributed by atoms with Crippen molar-refractivity contribution < 1.29 is 13.2 Å². The van der Waals surface area contributed by atoms with Gasteiger partial charge in [-0.3, -0.25) is 10.1 Å². The van der Waals surface area contributed by atoms with E-state index < -0.39 is 10.0 Å². The molecular formula is C17H23N7O3S.